The summed E-state index contributed by atoms with van der Waals surface area (Å²) in [7, 11) is 0. The molecule has 0 aromatic rings. The van der Waals surface area contributed by atoms with E-state index < -0.39 is 0 Å². The summed E-state index contributed by atoms with van der Waals surface area (Å²) in [6, 6.07) is 0.424. The molecule has 0 radical (unpaired) electrons. The number of amides is 1. The largest absolute Gasteiger partial charge is 0.352 e. The fraction of sp³-hybridized carbons (Fsp3) is 0.929. The van der Waals surface area contributed by atoms with E-state index >= 15 is 0 Å². The Morgan fingerprint density at radius 2 is 2.17 bits per heavy atom. The van der Waals surface area contributed by atoms with Crippen LogP contribution in [0.1, 0.15) is 45.4 Å². The standard InChI is InChI=1S/C14H26N2OS/c1-2-12(11-6-4-3-5-7-11)16-14(17)13-10-18-9-8-15-13/h11-13,15H,2-10H2,1H3,(H,16,17). The molecule has 0 aromatic heterocycles. The molecule has 2 aliphatic rings. The molecule has 1 saturated carbocycles. The van der Waals surface area contributed by atoms with Gasteiger partial charge in [-0.25, -0.2) is 0 Å². The van der Waals surface area contributed by atoms with Crippen molar-refractivity contribution in [3.8, 4) is 0 Å². The first kappa shape index (κ1) is 14.2. The molecule has 2 unspecified atom stereocenters. The van der Waals surface area contributed by atoms with Crippen molar-refractivity contribution < 1.29 is 4.79 Å². The highest BCUT2D eigenvalue weighted by Crippen LogP contribution is 2.27. The van der Waals surface area contributed by atoms with E-state index in [2.05, 4.69) is 17.6 Å². The Labute approximate surface area is 115 Å². The predicted octanol–water partition coefficient (Wildman–Crippen LogP) is 2.17. The van der Waals surface area contributed by atoms with Gasteiger partial charge in [-0.15, -0.1) is 0 Å². The summed E-state index contributed by atoms with van der Waals surface area (Å²) in [5.41, 5.74) is 0. The van der Waals surface area contributed by atoms with Crippen molar-refractivity contribution in [2.45, 2.75) is 57.5 Å². The summed E-state index contributed by atoms with van der Waals surface area (Å²) >= 11 is 1.88. The third-order valence-corrected chi connectivity index (χ3v) is 5.29. The van der Waals surface area contributed by atoms with Gasteiger partial charge in [0.25, 0.3) is 0 Å². The maximum absolute atomic E-state index is 12.2. The van der Waals surface area contributed by atoms with Crippen LogP contribution < -0.4 is 10.6 Å². The van der Waals surface area contributed by atoms with Crippen molar-refractivity contribution >= 4 is 17.7 Å². The molecule has 0 aromatic carbocycles. The lowest BCUT2D eigenvalue weighted by Crippen LogP contribution is -2.52. The second kappa shape index (κ2) is 7.39. The molecule has 1 aliphatic heterocycles. The van der Waals surface area contributed by atoms with Gasteiger partial charge >= 0.3 is 0 Å². The van der Waals surface area contributed by atoms with Gasteiger partial charge in [-0.2, -0.15) is 11.8 Å². The van der Waals surface area contributed by atoms with E-state index in [-0.39, 0.29) is 11.9 Å². The van der Waals surface area contributed by atoms with Crippen LogP contribution in [-0.2, 0) is 4.79 Å². The van der Waals surface area contributed by atoms with Gasteiger partial charge < -0.3 is 10.6 Å². The smallest absolute Gasteiger partial charge is 0.238 e. The molecule has 2 atom stereocenters. The molecule has 0 spiro atoms. The topological polar surface area (TPSA) is 41.1 Å². The van der Waals surface area contributed by atoms with Crippen LogP contribution >= 0.6 is 11.8 Å². The second-order valence-electron chi connectivity index (χ2n) is 5.50. The zero-order valence-corrected chi connectivity index (χ0v) is 12.2. The highest BCUT2D eigenvalue weighted by molar-refractivity contribution is 7.99. The molecule has 0 bridgehead atoms. The second-order valence-corrected chi connectivity index (χ2v) is 6.65. The van der Waals surface area contributed by atoms with Crippen molar-refractivity contribution in [1.29, 1.82) is 0 Å². The predicted molar refractivity (Wildman–Crippen MR) is 77.9 cm³/mol. The van der Waals surface area contributed by atoms with Crippen LogP contribution in [0, 0.1) is 5.92 Å². The van der Waals surface area contributed by atoms with Gasteiger partial charge in [0.15, 0.2) is 0 Å². The number of rotatable bonds is 4. The Balaban J connectivity index is 1.82. The lowest BCUT2D eigenvalue weighted by molar-refractivity contribution is -0.123. The number of thioether (sulfide) groups is 1. The van der Waals surface area contributed by atoms with Crippen molar-refractivity contribution in [3.05, 3.63) is 0 Å². The minimum Gasteiger partial charge on any atom is -0.352 e. The maximum atomic E-state index is 12.2. The monoisotopic (exact) mass is 270 g/mol. The summed E-state index contributed by atoms with van der Waals surface area (Å²) in [6.07, 6.45) is 7.72. The van der Waals surface area contributed by atoms with Crippen LogP contribution in [0.25, 0.3) is 0 Å². The fourth-order valence-electron chi connectivity index (χ4n) is 3.11. The Hall–Kier alpha value is -0.220. The van der Waals surface area contributed by atoms with Gasteiger partial charge in [-0.3, -0.25) is 4.79 Å². The van der Waals surface area contributed by atoms with Gasteiger partial charge in [0, 0.05) is 24.1 Å². The van der Waals surface area contributed by atoms with E-state index in [0.29, 0.717) is 12.0 Å². The molecule has 2 N–H and O–H groups in total. The molecule has 1 amide bonds. The van der Waals surface area contributed by atoms with Crippen LogP contribution in [0.3, 0.4) is 0 Å². The average molecular weight is 270 g/mol. The lowest BCUT2D eigenvalue weighted by atomic mass is 9.83. The highest BCUT2D eigenvalue weighted by Gasteiger charge is 2.27. The van der Waals surface area contributed by atoms with Crippen LogP contribution in [0.4, 0.5) is 0 Å². The number of nitrogens with one attached hydrogen (secondary N) is 2. The van der Waals surface area contributed by atoms with Gasteiger partial charge in [-0.1, -0.05) is 26.2 Å². The van der Waals surface area contributed by atoms with Crippen LogP contribution in [0.2, 0.25) is 0 Å². The number of hydrogen-bond acceptors (Lipinski definition) is 3. The zero-order chi connectivity index (χ0) is 12.8. The number of carbonyl (C=O) groups excluding carboxylic acids is 1. The minimum absolute atomic E-state index is 0.0291. The Kier molecular flexibility index (Phi) is 5.83. The van der Waals surface area contributed by atoms with E-state index in [1.165, 1.54) is 32.1 Å². The van der Waals surface area contributed by atoms with Crippen molar-refractivity contribution in [2.75, 3.05) is 18.1 Å². The summed E-state index contributed by atoms with van der Waals surface area (Å²) in [4.78, 5) is 12.2. The summed E-state index contributed by atoms with van der Waals surface area (Å²) < 4.78 is 0. The van der Waals surface area contributed by atoms with Crippen molar-refractivity contribution in [2.24, 2.45) is 5.92 Å². The molecule has 2 fully saturated rings. The zero-order valence-electron chi connectivity index (χ0n) is 11.4. The third-order valence-electron chi connectivity index (χ3n) is 4.22. The van der Waals surface area contributed by atoms with Gasteiger partial charge in [0.1, 0.15) is 0 Å². The Bertz CT molecular complexity index is 261. The van der Waals surface area contributed by atoms with Crippen LogP contribution in [0.5, 0.6) is 0 Å². The SMILES string of the molecule is CCC(NC(=O)C1CSCCN1)C1CCCCC1. The molecular weight excluding hydrogens is 244 g/mol. The first-order chi connectivity index (χ1) is 8.81. The van der Waals surface area contributed by atoms with Gasteiger partial charge in [0.2, 0.25) is 5.91 Å². The first-order valence-corrected chi connectivity index (χ1v) is 8.58. The molecule has 1 heterocycles. The van der Waals surface area contributed by atoms with Crippen molar-refractivity contribution in [1.82, 2.24) is 10.6 Å². The molecule has 4 heteroatoms. The van der Waals surface area contributed by atoms with Crippen molar-refractivity contribution in [3.63, 3.8) is 0 Å². The number of hydrogen-bond donors (Lipinski definition) is 2. The lowest BCUT2D eigenvalue weighted by Gasteiger charge is -2.32. The van der Waals surface area contributed by atoms with E-state index in [4.69, 9.17) is 0 Å². The molecule has 2 rings (SSSR count). The van der Waals surface area contributed by atoms with Gasteiger partial charge in [0.05, 0.1) is 6.04 Å². The molecule has 1 aliphatic carbocycles. The molecule has 1 saturated heterocycles. The van der Waals surface area contributed by atoms with E-state index in [1.54, 1.807) is 0 Å². The Morgan fingerprint density at radius 1 is 1.39 bits per heavy atom. The molecule has 3 nitrogen and oxygen atoms in total. The summed E-state index contributed by atoms with van der Waals surface area (Å²) in [5, 5.41) is 6.61. The average Bonchev–Trinajstić information content (AvgIpc) is 2.46. The Morgan fingerprint density at radius 3 is 2.78 bits per heavy atom. The highest BCUT2D eigenvalue weighted by atomic mass is 32.2. The van der Waals surface area contributed by atoms with Gasteiger partial charge in [-0.05, 0) is 25.2 Å². The summed E-state index contributed by atoms with van der Waals surface area (Å²) in [5.74, 6) is 2.99. The third kappa shape index (κ3) is 3.89. The van der Waals surface area contributed by atoms with Crippen LogP contribution in [0.15, 0.2) is 0 Å². The molecular formula is C14H26N2OS. The normalized spacial score (nSPS) is 27.7. The fourth-order valence-corrected chi connectivity index (χ4v) is 4.04. The van der Waals surface area contributed by atoms with Crippen LogP contribution in [-0.4, -0.2) is 36.0 Å². The maximum Gasteiger partial charge on any atom is 0.238 e. The minimum atomic E-state index is 0.0291. The summed E-state index contributed by atoms with van der Waals surface area (Å²) in [6.45, 7) is 3.16. The first-order valence-electron chi connectivity index (χ1n) is 7.42. The van der Waals surface area contributed by atoms with E-state index in [1.807, 2.05) is 11.8 Å². The quantitative estimate of drug-likeness (QED) is 0.822. The van der Waals surface area contributed by atoms with E-state index in [9.17, 15) is 4.79 Å². The molecule has 18 heavy (non-hydrogen) atoms. The number of carbonyl (C=O) groups is 1. The molecule has 104 valence electrons. The van der Waals surface area contributed by atoms with E-state index in [0.717, 1.165) is 24.5 Å².